The van der Waals surface area contributed by atoms with E-state index < -0.39 is 6.10 Å². The normalized spacial score (nSPS) is 17.6. The molecule has 1 aliphatic heterocycles. The molecule has 0 aliphatic carbocycles. The van der Waals surface area contributed by atoms with Crippen molar-refractivity contribution in [1.82, 2.24) is 4.90 Å². The fourth-order valence-electron chi connectivity index (χ4n) is 2.59. The van der Waals surface area contributed by atoms with Crippen LogP contribution in [0.4, 0.5) is 0 Å². The summed E-state index contributed by atoms with van der Waals surface area (Å²) in [6, 6.07) is 5.98. The SMILES string of the molecule is Cc1ccc(C(C)O)c(OCCCN2CCCC2)c1. The molecule has 106 valence electrons. The highest BCUT2D eigenvalue weighted by atomic mass is 16.5. The predicted octanol–water partition coefficient (Wildman–Crippen LogP) is 2.91. The highest BCUT2D eigenvalue weighted by Crippen LogP contribution is 2.26. The number of hydrogen-bond donors (Lipinski definition) is 1. The molecule has 3 nitrogen and oxygen atoms in total. The third-order valence-electron chi connectivity index (χ3n) is 3.69. The van der Waals surface area contributed by atoms with Crippen molar-refractivity contribution in [2.75, 3.05) is 26.2 Å². The predicted molar refractivity (Wildman–Crippen MR) is 77.6 cm³/mol. The third kappa shape index (κ3) is 4.22. The molecule has 1 N–H and O–H groups in total. The first-order chi connectivity index (χ1) is 9.16. The van der Waals surface area contributed by atoms with Crippen LogP contribution in [0.5, 0.6) is 5.75 Å². The average molecular weight is 263 g/mol. The van der Waals surface area contributed by atoms with E-state index in [2.05, 4.69) is 4.90 Å². The molecule has 0 amide bonds. The lowest BCUT2D eigenvalue weighted by Gasteiger charge is -2.17. The lowest BCUT2D eigenvalue weighted by Crippen LogP contribution is -2.22. The van der Waals surface area contributed by atoms with Gasteiger partial charge in [-0.3, -0.25) is 0 Å². The van der Waals surface area contributed by atoms with Gasteiger partial charge in [0, 0.05) is 12.1 Å². The van der Waals surface area contributed by atoms with Crippen LogP contribution in [-0.2, 0) is 0 Å². The minimum atomic E-state index is -0.478. The van der Waals surface area contributed by atoms with Crippen LogP contribution in [0, 0.1) is 6.92 Å². The van der Waals surface area contributed by atoms with Crippen molar-refractivity contribution >= 4 is 0 Å². The molecule has 0 aromatic heterocycles. The van der Waals surface area contributed by atoms with Gasteiger partial charge in [-0.1, -0.05) is 12.1 Å². The van der Waals surface area contributed by atoms with Gasteiger partial charge in [-0.25, -0.2) is 0 Å². The molecule has 1 fully saturated rings. The van der Waals surface area contributed by atoms with E-state index in [1.807, 2.05) is 25.1 Å². The smallest absolute Gasteiger partial charge is 0.125 e. The summed E-state index contributed by atoms with van der Waals surface area (Å²) >= 11 is 0. The van der Waals surface area contributed by atoms with Gasteiger partial charge in [0.2, 0.25) is 0 Å². The molecule has 1 unspecified atom stereocenters. The molecule has 0 saturated carbocycles. The second-order valence-corrected chi connectivity index (χ2v) is 5.47. The highest BCUT2D eigenvalue weighted by molar-refractivity contribution is 5.38. The lowest BCUT2D eigenvalue weighted by atomic mass is 10.1. The maximum Gasteiger partial charge on any atom is 0.125 e. The molecular formula is C16H25NO2. The van der Waals surface area contributed by atoms with Crippen LogP contribution < -0.4 is 4.74 Å². The fourth-order valence-corrected chi connectivity index (χ4v) is 2.59. The zero-order chi connectivity index (χ0) is 13.7. The molecule has 19 heavy (non-hydrogen) atoms. The number of likely N-dealkylation sites (tertiary alicyclic amines) is 1. The molecule has 1 saturated heterocycles. The van der Waals surface area contributed by atoms with Crippen molar-refractivity contribution in [2.24, 2.45) is 0 Å². The van der Waals surface area contributed by atoms with Crippen LogP contribution in [0.2, 0.25) is 0 Å². The molecule has 0 bridgehead atoms. The van der Waals surface area contributed by atoms with E-state index in [9.17, 15) is 5.11 Å². The van der Waals surface area contributed by atoms with Crippen LogP contribution in [0.3, 0.4) is 0 Å². The van der Waals surface area contributed by atoms with E-state index in [-0.39, 0.29) is 0 Å². The maximum absolute atomic E-state index is 9.74. The summed E-state index contributed by atoms with van der Waals surface area (Å²) in [5, 5.41) is 9.74. The van der Waals surface area contributed by atoms with Gasteiger partial charge < -0.3 is 14.7 Å². The number of hydrogen-bond acceptors (Lipinski definition) is 3. The molecule has 1 aliphatic rings. The second-order valence-electron chi connectivity index (χ2n) is 5.47. The molecule has 1 atom stereocenters. The van der Waals surface area contributed by atoms with Gasteiger partial charge in [-0.15, -0.1) is 0 Å². The van der Waals surface area contributed by atoms with Crippen molar-refractivity contribution in [1.29, 1.82) is 0 Å². The second kappa shape index (κ2) is 6.92. The summed E-state index contributed by atoms with van der Waals surface area (Å²) in [6.45, 7) is 8.15. The van der Waals surface area contributed by atoms with Crippen LogP contribution >= 0.6 is 0 Å². The first-order valence-electron chi connectivity index (χ1n) is 7.30. The molecule has 1 aromatic rings. The molecule has 0 spiro atoms. The van der Waals surface area contributed by atoms with Gasteiger partial charge >= 0.3 is 0 Å². The number of ether oxygens (including phenoxy) is 1. The Bertz CT molecular complexity index is 398. The molecule has 1 aromatic carbocycles. The standard InChI is InChI=1S/C16H25NO2/c1-13-6-7-15(14(2)18)16(12-13)19-11-5-10-17-8-3-4-9-17/h6-7,12,14,18H,3-5,8-11H2,1-2H3. The van der Waals surface area contributed by atoms with Crippen LogP contribution in [-0.4, -0.2) is 36.2 Å². The number of benzene rings is 1. The van der Waals surface area contributed by atoms with E-state index in [0.717, 1.165) is 30.9 Å². The zero-order valence-electron chi connectivity index (χ0n) is 12.1. The summed E-state index contributed by atoms with van der Waals surface area (Å²) < 4.78 is 5.85. The monoisotopic (exact) mass is 263 g/mol. The number of aliphatic hydroxyl groups is 1. The Morgan fingerprint density at radius 1 is 1.32 bits per heavy atom. The summed E-state index contributed by atoms with van der Waals surface area (Å²) in [6.07, 6.45) is 3.25. The van der Waals surface area contributed by atoms with E-state index in [0.29, 0.717) is 0 Å². The van der Waals surface area contributed by atoms with Crippen LogP contribution in [0.1, 0.15) is 43.4 Å². The largest absolute Gasteiger partial charge is 0.493 e. The van der Waals surface area contributed by atoms with Crippen LogP contribution in [0.25, 0.3) is 0 Å². The minimum Gasteiger partial charge on any atom is -0.493 e. The summed E-state index contributed by atoms with van der Waals surface area (Å²) in [4.78, 5) is 2.50. The Morgan fingerprint density at radius 3 is 2.74 bits per heavy atom. The Morgan fingerprint density at radius 2 is 2.05 bits per heavy atom. The van der Waals surface area contributed by atoms with E-state index in [4.69, 9.17) is 4.74 Å². The van der Waals surface area contributed by atoms with Crippen molar-refractivity contribution in [3.8, 4) is 5.75 Å². The van der Waals surface area contributed by atoms with Gasteiger partial charge in [0.25, 0.3) is 0 Å². The summed E-state index contributed by atoms with van der Waals surface area (Å²) in [5.74, 6) is 0.830. The number of nitrogens with zero attached hydrogens (tertiary/aromatic N) is 1. The summed E-state index contributed by atoms with van der Waals surface area (Å²) in [7, 11) is 0. The van der Waals surface area contributed by atoms with Gasteiger partial charge in [-0.05, 0) is 57.8 Å². The number of aryl methyl sites for hydroxylation is 1. The van der Waals surface area contributed by atoms with Crippen molar-refractivity contribution in [3.05, 3.63) is 29.3 Å². The van der Waals surface area contributed by atoms with Crippen LogP contribution in [0.15, 0.2) is 18.2 Å². The molecule has 3 heteroatoms. The Hall–Kier alpha value is -1.06. The lowest BCUT2D eigenvalue weighted by molar-refractivity contribution is 0.189. The fraction of sp³-hybridized carbons (Fsp3) is 0.625. The number of aliphatic hydroxyl groups excluding tert-OH is 1. The molecule has 1 heterocycles. The van der Waals surface area contributed by atoms with Gasteiger partial charge in [-0.2, -0.15) is 0 Å². The first-order valence-corrected chi connectivity index (χ1v) is 7.30. The topological polar surface area (TPSA) is 32.7 Å². The number of rotatable bonds is 6. The van der Waals surface area contributed by atoms with E-state index >= 15 is 0 Å². The third-order valence-corrected chi connectivity index (χ3v) is 3.69. The highest BCUT2D eigenvalue weighted by Gasteiger charge is 2.12. The summed E-state index contributed by atoms with van der Waals surface area (Å²) in [5.41, 5.74) is 2.05. The van der Waals surface area contributed by atoms with Gasteiger partial charge in [0.1, 0.15) is 5.75 Å². The zero-order valence-corrected chi connectivity index (χ0v) is 12.1. The minimum absolute atomic E-state index is 0.478. The Balaban J connectivity index is 1.82. The van der Waals surface area contributed by atoms with Gasteiger partial charge in [0.15, 0.2) is 0 Å². The van der Waals surface area contributed by atoms with E-state index in [1.165, 1.54) is 31.5 Å². The Labute approximate surface area is 116 Å². The average Bonchev–Trinajstić information content (AvgIpc) is 2.87. The van der Waals surface area contributed by atoms with E-state index in [1.54, 1.807) is 6.92 Å². The maximum atomic E-state index is 9.74. The first kappa shape index (κ1) is 14.4. The quantitative estimate of drug-likeness (QED) is 0.801. The Kier molecular flexibility index (Phi) is 5.23. The van der Waals surface area contributed by atoms with Crippen molar-refractivity contribution < 1.29 is 9.84 Å². The molecule has 2 rings (SSSR count). The van der Waals surface area contributed by atoms with Gasteiger partial charge in [0.05, 0.1) is 12.7 Å². The molecular weight excluding hydrogens is 238 g/mol. The van der Waals surface area contributed by atoms with Crippen molar-refractivity contribution in [2.45, 2.75) is 39.2 Å². The molecule has 0 radical (unpaired) electrons. The van der Waals surface area contributed by atoms with Crippen molar-refractivity contribution in [3.63, 3.8) is 0 Å².